The van der Waals surface area contributed by atoms with E-state index >= 15 is 0 Å². The van der Waals surface area contributed by atoms with E-state index in [1.807, 2.05) is 6.92 Å². The number of benzene rings is 2. The van der Waals surface area contributed by atoms with Gasteiger partial charge in [-0.2, -0.15) is 0 Å². The molecule has 2 heterocycles. The zero-order valence-electron chi connectivity index (χ0n) is 16.7. The second-order valence-electron chi connectivity index (χ2n) is 6.84. The van der Waals surface area contributed by atoms with Crippen molar-refractivity contribution >= 4 is 22.1 Å². The second-order valence-corrected chi connectivity index (χ2v) is 8.95. The summed E-state index contributed by atoms with van der Waals surface area (Å²) in [7, 11) is -3.00. The minimum Gasteiger partial charge on any atom is -0.454 e. The number of nitrogens with one attached hydrogen (secondary N) is 1. The van der Waals surface area contributed by atoms with Gasteiger partial charge in [0.1, 0.15) is 17.4 Å². The summed E-state index contributed by atoms with van der Waals surface area (Å²) in [6, 6.07) is 11.5. The van der Waals surface area contributed by atoms with Crippen LogP contribution in [-0.4, -0.2) is 29.5 Å². The van der Waals surface area contributed by atoms with Crippen LogP contribution in [0.15, 0.2) is 54.7 Å². The van der Waals surface area contributed by atoms with Crippen molar-refractivity contribution in [2.45, 2.75) is 13.8 Å². The number of pyridine rings is 1. The maximum absolute atomic E-state index is 14.2. The number of aromatic nitrogens is 3. The Labute approximate surface area is 180 Å². The van der Waals surface area contributed by atoms with Crippen LogP contribution in [0.3, 0.4) is 0 Å². The highest BCUT2D eigenvalue weighted by atomic mass is 32.3. The number of nitrogens with zero attached hydrogens (tertiary/aromatic N) is 3. The molecule has 0 unspecified atom stereocenters. The highest BCUT2D eigenvalue weighted by Crippen LogP contribution is 2.42. The third kappa shape index (κ3) is 4.46. The molecule has 0 aliphatic heterocycles. The van der Waals surface area contributed by atoms with Crippen molar-refractivity contribution in [3.8, 4) is 22.6 Å². The largest absolute Gasteiger partial charge is 0.454 e. The van der Waals surface area contributed by atoms with E-state index in [1.54, 1.807) is 47.9 Å². The first kappa shape index (κ1) is 21.0. The van der Waals surface area contributed by atoms with E-state index in [0.29, 0.717) is 34.0 Å². The van der Waals surface area contributed by atoms with E-state index in [2.05, 4.69) is 14.9 Å². The molecule has 0 spiro atoms. The topological polar surface area (TPSA) is 91.9 Å². The summed E-state index contributed by atoms with van der Waals surface area (Å²) < 4.78 is 57.8. The van der Waals surface area contributed by atoms with Gasteiger partial charge in [0.05, 0.1) is 11.4 Å². The molecule has 2 aromatic carbocycles. The van der Waals surface area contributed by atoms with Crippen molar-refractivity contribution in [1.82, 2.24) is 14.6 Å². The van der Waals surface area contributed by atoms with Gasteiger partial charge in [0.15, 0.2) is 17.2 Å². The molecule has 0 radical (unpaired) electrons. The Bertz CT molecular complexity index is 1270. The molecule has 7 nitrogen and oxygen atoms in total. The number of hydrogen-bond donors (Lipinski definition) is 3. The zero-order valence-corrected chi connectivity index (χ0v) is 17.5. The van der Waals surface area contributed by atoms with Gasteiger partial charge in [-0.1, -0.05) is 0 Å². The van der Waals surface area contributed by atoms with Crippen molar-refractivity contribution in [2.75, 3.05) is 10.5 Å². The molecule has 31 heavy (non-hydrogen) atoms. The molecule has 0 bridgehead atoms. The molecule has 0 aliphatic carbocycles. The minimum atomic E-state index is -3.00. The van der Waals surface area contributed by atoms with Crippen LogP contribution in [-0.2, 0) is 0 Å². The first-order chi connectivity index (χ1) is 14.8. The van der Waals surface area contributed by atoms with E-state index in [9.17, 15) is 17.9 Å². The molecule has 0 atom stereocenters. The molecule has 10 heteroatoms. The van der Waals surface area contributed by atoms with Gasteiger partial charge in [-0.15, -0.1) is 21.0 Å². The maximum atomic E-state index is 14.2. The number of fused-ring (bicyclic) bond motifs is 1. The van der Waals surface area contributed by atoms with Gasteiger partial charge in [-0.25, -0.2) is 8.78 Å². The number of ether oxygens (including phenoxy) is 1. The average molecular weight is 448 g/mol. The fourth-order valence-electron chi connectivity index (χ4n) is 3.01. The lowest BCUT2D eigenvalue weighted by Crippen LogP contribution is -2.11. The smallest absolute Gasteiger partial charge is 0.168 e. The van der Waals surface area contributed by atoms with Crippen LogP contribution in [0.4, 0.5) is 14.5 Å². The van der Waals surface area contributed by atoms with E-state index in [-0.39, 0.29) is 12.9 Å². The summed E-state index contributed by atoms with van der Waals surface area (Å²) in [5.41, 5.74) is 2.35. The van der Waals surface area contributed by atoms with Gasteiger partial charge in [0, 0.05) is 24.8 Å². The lowest BCUT2D eigenvalue weighted by molar-refractivity contribution is 0.439. The molecular formula is C21H22F2N4O3S. The van der Waals surface area contributed by atoms with Gasteiger partial charge in [-0.3, -0.25) is 18.2 Å². The van der Waals surface area contributed by atoms with E-state index in [0.717, 1.165) is 12.1 Å². The molecule has 3 N–H and O–H groups in total. The number of rotatable bonds is 6. The van der Waals surface area contributed by atoms with Crippen molar-refractivity contribution in [3.63, 3.8) is 0 Å². The molecule has 164 valence electrons. The summed E-state index contributed by atoms with van der Waals surface area (Å²) >= 11 is 0. The van der Waals surface area contributed by atoms with Crippen molar-refractivity contribution in [2.24, 2.45) is 0 Å². The molecule has 2 aromatic heterocycles. The van der Waals surface area contributed by atoms with E-state index in [4.69, 9.17) is 4.74 Å². The molecule has 4 aromatic rings. The minimum absolute atomic E-state index is 0. The van der Waals surface area contributed by atoms with Crippen molar-refractivity contribution < 1.29 is 24.0 Å². The van der Waals surface area contributed by atoms with Crippen LogP contribution in [0.1, 0.15) is 14.2 Å². The predicted molar refractivity (Wildman–Crippen MR) is 119 cm³/mol. The Kier molecular flexibility index (Phi) is 5.52. The highest BCUT2D eigenvalue weighted by Gasteiger charge is 2.16. The van der Waals surface area contributed by atoms with Gasteiger partial charge in [0.25, 0.3) is 0 Å². The molecule has 0 fully saturated rings. The van der Waals surface area contributed by atoms with Gasteiger partial charge < -0.3 is 4.74 Å². The summed E-state index contributed by atoms with van der Waals surface area (Å²) in [6.45, 7) is 3.46. The highest BCUT2D eigenvalue weighted by molar-refractivity contribution is 8.25. The first-order valence-electron chi connectivity index (χ1n) is 9.38. The number of aryl methyl sites for hydroxylation is 1. The normalized spacial score (nSPS) is 12.2. The van der Waals surface area contributed by atoms with Crippen LogP contribution < -0.4 is 9.46 Å². The van der Waals surface area contributed by atoms with Crippen LogP contribution in [0.5, 0.6) is 11.5 Å². The Morgan fingerprint density at radius 3 is 2.58 bits per heavy atom. The Morgan fingerprint density at radius 1 is 1.06 bits per heavy atom. The molecule has 4 rings (SSSR count). The van der Waals surface area contributed by atoms with Crippen LogP contribution >= 0.6 is 10.8 Å². The fourth-order valence-corrected chi connectivity index (χ4v) is 3.66. The Hall–Kier alpha value is -3.21. The number of halogens is 2. The van der Waals surface area contributed by atoms with Gasteiger partial charge in [0.2, 0.25) is 0 Å². The second kappa shape index (κ2) is 8.14. The predicted octanol–water partition coefficient (Wildman–Crippen LogP) is 6.12. The Balaban J connectivity index is 0.00000289. The summed E-state index contributed by atoms with van der Waals surface area (Å²) in [5, 5.41) is 8.10. The van der Waals surface area contributed by atoms with Gasteiger partial charge >= 0.3 is 0 Å². The van der Waals surface area contributed by atoms with Crippen LogP contribution in [0, 0.1) is 18.6 Å². The third-order valence-electron chi connectivity index (χ3n) is 4.66. The lowest BCUT2D eigenvalue weighted by atomic mass is 10.1. The summed E-state index contributed by atoms with van der Waals surface area (Å²) in [6.07, 6.45) is 1.80. The van der Waals surface area contributed by atoms with Crippen LogP contribution in [0.25, 0.3) is 16.8 Å². The molecule has 0 saturated carbocycles. The molecule has 0 saturated heterocycles. The number of hydrogen-bond acceptors (Lipinski definition) is 6. The van der Waals surface area contributed by atoms with Crippen molar-refractivity contribution in [3.05, 3.63) is 72.2 Å². The quantitative estimate of drug-likeness (QED) is 0.329. The van der Waals surface area contributed by atoms with Crippen molar-refractivity contribution in [1.29, 1.82) is 0 Å². The zero-order chi connectivity index (χ0) is 22.2. The standard InChI is InChI=1S/C21H20F2N4O3S.H2/c1-3-31(28,29)26-16-6-8-19(30-20-7-5-15(22)10-18(20)23)17(11-16)14-4-9-21-25-24-13(2)27(21)12-14;/h4-12,26,28-29H,3H2,1-2H3;1H. The molecule has 0 amide bonds. The lowest BCUT2D eigenvalue weighted by Gasteiger charge is -2.32. The summed E-state index contributed by atoms with van der Waals surface area (Å²) in [4.78, 5) is 0. The third-order valence-corrected chi connectivity index (χ3v) is 6.03. The van der Waals surface area contributed by atoms with E-state index in [1.165, 1.54) is 6.07 Å². The first-order valence-corrected chi connectivity index (χ1v) is 11.1. The van der Waals surface area contributed by atoms with Crippen LogP contribution in [0.2, 0.25) is 0 Å². The average Bonchev–Trinajstić information content (AvgIpc) is 3.11. The SMILES string of the molecule is CCS(O)(O)Nc1ccc(Oc2ccc(F)cc2F)c(-c2ccc3nnc(C)n3c2)c1.[HH]. The monoisotopic (exact) mass is 448 g/mol. The fraction of sp³-hybridized carbons (Fsp3) is 0.143. The molecule has 0 aliphatic rings. The van der Waals surface area contributed by atoms with Gasteiger partial charge in [-0.05, 0) is 56.3 Å². The van der Waals surface area contributed by atoms with E-state index < -0.39 is 22.4 Å². The number of anilines is 1. The maximum Gasteiger partial charge on any atom is 0.168 e. The Morgan fingerprint density at radius 2 is 1.84 bits per heavy atom. The summed E-state index contributed by atoms with van der Waals surface area (Å²) in [5.74, 6) is -0.565. The molecular weight excluding hydrogens is 426 g/mol.